The fourth-order valence-electron chi connectivity index (χ4n) is 5.16. The molecule has 0 saturated heterocycles. The molecule has 4 nitrogen and oxygen atoms in total. The predicted octanol–water partition coefficient (Wildman–Crippen LogP) is 6.46. The molecule has 2 aliphatic rings. The van der Waals surface area contributed by atoms with Gasteiger partial charge in [-0.2, -0.15) is 0 Å². The maximum Gasteiger partial charge on any atom is 0.259 e. The van der Waals surface area contributed by atoms with Crippen molar-refractivity contribution in [2.45, 2.75) is 70.5 Å². The topological polar surface area (TPSA) is 35.9 Å². The van der Waals surface area contributed by atoms with E-state index >= 15 is 0 Å². The number of benzene rings is 2. The molecule has 34 heavy (non-hydrogen) atoms. The molecule has 5 rings (SSSR count). The summed E-state index contributed by atoms with van der Waals surface area (Å²) in [7, 11) is 0. The van der Waals surface area contributed by atoms with Crippen molar-refractivity contribution in [2.24, 2.45) is 4.99 Å². The lowest BCUT2D eigenvalue weighted by Crippen LogP contribution is -2.49. The largest absolute Gasteiger partial charge is 0.334 e. The molecule has 1 unspecified atom stereocenters. The number of aryl methyl sites for hydroxylation is 1. The highest BCUT2D eigenvalue weighted by Gasteiger charge is 2.40. The van der Waals surface area contributed by atoms with Gasteiger partial charge in [-0.1, -0.05) is 74.7 Å². The Labute approximate surface area is 206 Å². The molecule has 1 fully saturated rings. The first-order valence-corrected chi connectivity index (χ1v) is 13.4. The Kier molecular flexibility index (Phi) is 7.10. The van der Waals surface area contributed by atoms with E-state index in [4.69, 9.17) is 4.99 Å². The monoisotopic (exact) mass is 471 g/mol. The number of thiophene rings is 1. The minimum Gasteiger partial charge on any atom is -0.334 e. The molecule has 3 aromatic rings. The Hall–Kier alpha value is -2.92. The summed E-state index contributed by atoms with van der Waals surface area (Å²) in [6.45, 7) is 2.96. The molecule has 2 heterocycles. The summed E-state index contributed by atoms with van der Waals surface area (Å²) < 4.78 is 0. The van der Waals surface area contributed by atoms with E-state index in [1.807, 2.05) is 23.1 Å². The molecule has 1 saturated carbocycles. The van der Waals surface area contributed by atoms with Crippen molar-refractivity contribution in [3.05, 3.63) is 88.1 Å². The highest BCUT2D eigenvalue weighted by atomic mass is 32.1. The number of carbonyl (C=O) groups is 1. The summed E-state index contributed by atoms with van der Waals surface area (Å²) in [5.74, 6) is 0.915. The molecule has 5 heteroatoms. The van der Waals surface area contributed by atoms with Gasteiger partial charge in [-0.05, 0) is 54.0 Å². The quantitative estimate of drug-likeness (QED) is 0.396. The van der Waals surface area contributed by atoms with Crippen molar-refractivity contribution in [1.82, 2.24) is 4.90 Å². The second-order valence-corrected chi connectivity index (χ2v) is 10.4. The SMILES string of the molecule is CCc1cccc(N2C(=O)C(Cc3ccccc3)N=C2N(Cc2cccs2)C2CCCCC2)c1. The van der Waals surface area contributed by atoms with E-state index in [9.17, 15) is 4.79 Å². The third kappa shape index (κ3) is 4.95. The molecule has 2 aromatic carbocycles. The molecule has 0 bridgehead atoms. The van der Waals surface area contributed by atoms with Gasteiger partial charge in [-0.3, -0.25) is 4.79 Å². The Morgan fingerprint density at radius 3 is 2.50 bits per heavy atom. The number of anilines is 1. The zero-order valence-corrected chi connectivity index (χ0v) is 20.7. The van der Waals surface area contributed by atoms with Gasteiger partial charge in [0.2, 0.25) is 5.96 Å². The molecule has 0 N–H and O–H groups in total. The van der Waals surface area contributed by atoms with Crippen LogP contribution in [0.4, 0.5) is 5.69 Å². The maximum atomic E-state index is 13.9. The van der Waals surface area contributed by atoms with E-state index in [1.165, 1.54) is 29.7 Å². The van der Waals surface area contributed by atoms with Crippen LogP contribution >= 0.6 is 11.3 Å². The molecular formula is C29H33N3OS. The number of aliphatic imine (C=N–C) groups is 1. The van der Waals surface area contributed by atoms with Crippen LogP contribution in [0.15, 0.2) is 77.1 Å². The smallest absolute Gasteiger partial charge is 0.259 e. The number of hydrogen-bond acceptors (Lipinski definition) is 4. The van der Waals surface area contributed by atoms with Crippen molar-refractivity contribution in [3.63, 3.8) is 0 Å². The van der Waals surface area contributed by atoms with Crippen LogP contribution in [0.25, 0.3) is 0 Å². The van der Waals surface area contributed by atoms with Crippen LogP contribution in [0.1, 0.15) is 55.0 Å². The minimum absolute atomic E-state index is 0.0825. The van der Waals surface area contributed by atoms with Crippen molar-refractivity contribution >= 4 is 28.9 Å². The molecule has 1 aliphatic heterocycles. The van der Waals surface area contributed by atoms with Crippen molar-refractivity contribution in [1.29, 1.82) is 0 Å². The lowest BCUT2D eigenvalue weighted by atomic mass is 9.94. The van der Waals surface area contributed by atoms with E-state index in [1.54, 1.807) is 11.3 Å². The zero-order chi connectivity index (χ0) is 23.3. The second-order valence-electron chi connectivity index (χ2n) is 9.33. The van der Waals surface area contributed by atoms with Crippen LogP contribution < -0.4 is 4.90 Å². The first kappa shape index (κ1) is 22.9. The summed E-state index contributed by atoms with van der Waals surface area (Å²) in [4.78, 5) is 24.7. The molecule has 176 valence electrons. The van der Waals surface area contributed by atoms with Crippen LogP contribution in [-0.2, 0) is 24.2 Å². The van der Waals surface area contributed by atoms with Gasteiger partial charge in [0, 0.05) is 17.3 Å². The van der Waals surface area contributed by atoms with Gasteiger partial charge in [0.05, 0.1) is 12.2 Å². The normalized spacial score (nSPS) is 18.9. The van der Waals surface area contributed by atoms with Gasteiger partial charge < -0.3 is 4.90 Å². The van der Waals surface area contributed by atoms with Gasteiger partial charge >= 0.3 is 0 Å². The molecular weight excluding hydrogens is 438 g/mol. The van der Waals surface area contributed by atoms with Crippen LogP contribution in [0.2, 0.25) is 0 Å². The fraction of sp³-hybridized carbons (Fsp3) is 0.379. The Bertz CT molecular complexity index is 1120. The van der Waals surface area contributed by atoms with E-state index in [2.05, 4.69) is 65.7 Å². The molecule has 1 amide bonds. The number of rotatable bonds is 7. The predicted molar refractivity (Wildman–Crippen MR) is 141 cm³/mol. The number of guanidine groups is 1. The highest BCUT2D eigenvalue weighted by molar-refractivity contribution is 7.09. The first-order valence-electron chi connectivity index (χ1n) is 12.6. The number of amides is 1. The first-order chi connectivity index (χ1) is 16.7. The fourth-order valence-corrected chi connectivity index (χ4v) is 5.86. The summed E-state index contributed by atoms with van der Waals surface area (Å²) in [5, 5.41) is 2.14. The molecule has 0 spiro atoms. The summed E-state index contributed by atoms with van der Waals surface area (Å²) in [6.07, 6.45) is 7.67. The third-order valence-corrected chi connectivity index (χ3v) is 7.87. The average Bonchev–Trinajstić information content (AvgIpc) is 3.51. The van der Waals surface area contributed by atoms with Gasteiger partial charge in [0.25, 0.3) is 5.91 Å². The lowest BCUT2D eigenvalue weighted by molar-refractivity contribution is -0.118. The van der Waals surface area contributed by atoms with Crippen LogP contribution in [0.3, 0.4) is 0 Å². The van der Waals surface area contributed by atoms with Gasteiger partial charge in [0.1, 0.15) is 6.04 Å². The van der Waals surface area contributed by atoms with Gasteiger partial charge in [-0.25, -0.2) is 9.89 Å². The highest BCUT2D eigenvalue weighted by Crippen LogP contribution is 2.32. The average molecular weight is 472 g/mol. The standard InChI is InChI=1S/C29H33N3OS/c1-2-22-13-9-16-25(19-22)32-28(33)27(20-23-11-5-3-6-12-23)30-29(32)31(21-26-17-10-18-34-26)24-14-7-4-8-15-24/h3,5-6,9-13,16-19,24,27H,2,4,7-8,14-15,20-21H2,1H3. The molecule has 0 radical (unpaired) electrons. The van der Waals surface area contributed by atoms with Crippen LogP contribution in [0, 0.1) is 0 Å². The Balaban J connectivity index is 1.55. The van der Waals surface area contributed by atoms with E-state index in [0.717, 1.165) is 43.0 Å². The molecule has 1 aliphatic carbocycles. The lowest BCUT2D eigenvalue weighted by Gasteiger charge is -2.38. The van der Waals surface area contributed by atoms with Gasteiger partial charge in [0.15, 0.2) is 0 Å². The van der Waals surface area contributed by atoms with Crippen LogP contribution in [0.5, 0.6) is 0 Å². The summed E-state index contributed by atoms with van der Waals surface area (Å²) >= 11 is 1.78. The molecule has 1 atom stereocenters. The number of carbonyl (C=O) groups excluding carboxylic acids is 1. The van der Waals surface area contributed by atoms with Crippen LogP contribution in [-0.4, -0.2) is 28.9 Å². The maximum absolute atomic E-state index is 13.9. The van der Waals surface area contributed by atoms with Crippen molar-refractivity contribution < 1.29 is 4.79 Å². The zero-order valence-electron chi connectivity index (χ0n) is 19.9. The number of hydrogen-bond donors (Lipinski definition) is 0. The van der Waals surface area contributed by atoms with Crippen molar-refractivity contribution in [3.8, 4) is 0 Å². The molecule has 1 aromatic heterocycles. The minimum atomic E-state index is -0.392. The number of nitrogens with zero attached hydrogens (tertiary/aromatic N) is 3. The van der Waals surface area contributed by atoms with E-state index in [0.29, 0.717) is 12.5 Å². The van der Waals surface area contributed by atoms with Gasteiger partial charge in [-0.15, -0.1) is 11.3 Å². The Morgan fingerprint density at radius 2 is 1.76 bits per heavy atom. The summed E-state index contributed by atoms with van der Waals surface area (Å²) in [6, 6.07) is 23.0. The summed E-state index contributed by atoms with van der Waals surface area (Å²) in [5.41, 5.74) is 3.32. The van der Waals surface area contributed by atoms with E-state index < -0.39 is 6.04 Å². The Morgan fingerprint density at radius 1 is 0.971 bits per heavy atom. The second kappa shape index (κ2) is 10.6. The third-order valence-electron chi connectivity index (χ3n) is 7.00. The van der Waals surface area contributed by atoms with Crippen molar-refractivity contribution in [2.75, 3.05) is 4.90 Å². The van der Waals surface area contributed by atoms with E-state index in [-0.39, 0.29) is 5.91 Å².